The molecular weight excluding hydrogens is 475 g/mol. The SMILES string of the molecule is CCOc1ccc2oc(C(=O)N/N=C/c3cn(CC(=O)Nc4ccc(F)cc4)c4ccccc34)cc2c1. The number of furan rings is 1. The number of nitrogens with zero attached hydrogens (tertiary/aromatic N) is 2. The van der Waals surface area contributed by atoms with E-state index in [-0.39, 0.29) is 24.0 Å². The van der Waals surface area contributed by atoms with Crippen molar-refractivity contribution in [2.24, 2.45) is 5.10 Å². The highest BCUT2D eigenvalue weighted by Gasteiger charge is 2.13. The van der Waals surface area contributed by atoms with E-state index in [9.17, 15) is 14.0 Å². The summed E-state index contributed by atoms with van der Waals surface area (Å²) in [4.78, 5) is 25.2. The van der Waals surface area contributed by atoms with E-state index in [2.05, 4.69) is 15.8 Å². The number of anilines is 1. The minimum atomic E-state index is -0.493. The van der Waals surface area contributed by atoms with Crippen molar-refractivity contribution in [2.45, 2.75) is 13.5 Å². The molecule has 0 aliphatic heterocycles. The maximum atomic E-state index is 13.1. The van der Waals surface area contributed by atoms with Crippen LogP contribution in [-0.4, -0.2) is 29.2 Å². The summed E-state index contributed by atoms with van der Waals surface area (Å²) in [5.41, 5.74) is 5.11. The second-order valence-corrected chi connectivity index (χ2v) is 8.23. The minimum absolute atomic E-state index is 0.0425. The zero-order valence-electron chi connectivity index (χ0n) is 19.9. The monoisotopic (exact) mass is 498 g/mol. The summed E-state index contributed by atoms with van der Waals surface area (Å²) >= 11 is 0. The van der Waals surface area contributed by atoms with Crippen LogP contribution in [-0.2, 0) is 11.3 Å². The number of aromatic nitrogens is 1. The average molecular weight is 499 g/mol. The van der Waals surface area contributed by atoms with Gasteiger partial charge in [0.2, 0.25) is 5.91 Å². The number of hydrogen-bond donors (Lipinski definition) is 2. The standard InChI is InChI=1S/C28H23FN4O4/c1-2-36-22-11-12-25-18(13-22)14-26(37-25)28(35)32-30-15-19-16-33(24-6-4-3-5-23(19)24)17-27(34)31-21-9-7-20(29)8-10-21/h3-16H,2,17H2,1H3,(H,31,34)(H,32,35)/b30-15+. The number of ether oxygens (including phenoxy) is 1. The number of amides is 2. The molecule has 0 fully saturated rings. The van der Waals surface area contributed by atoms with Crippen LogP contribution in [0.3, 0.4) is 0 Å². The molecular formula is C28H23FN4O4. The fourth-order valence-corrected chi connectivity index (χ4v) is 4.00. The number of carbonyl (C=O) groups excluding carboxylic acids is 2. The Balaban J connectivity index is 1.29. The number of fused-ring (bicyclic) bond motifs is 2. The van der Waals surface area contributed by atoms with Crippen LogP contribution in [0, 0.1) is 5.82 Å². The number of hydrogen-bond acceptors (Lipinski definition) is 5. The maximum Gasteiger partial charge on any atom is 0.307 e. The van der Waals surface area contributed by atoms with Crippen LogP contribution in [0.25, 0.3) is 21.9 Å². The molecule has 0 radical (unpaired) electrons. The lowest BCUT2D eigenvalue weighted by Crippen LogP contribution is -2.18. The molecule has 37 heavy (non-hydrogen) atoms. The number of carbonyl (C=O) groups is 2. The van der Waals surface area contributed by atoms with Gasteiger partial charge in [-0.15, -0.1) is 0 Å². The van der Waals surface area contributed by atoms with E-state index in [4.69, 9.17) is 9.15 Å². The summed E-state index contributed by atoms with van der Waals surface area (Å²) in [7, 11) is 0. The van der Waals surface area contributed by atoms with Crippen molar-refractivity contribution in [2.75, 3.05) is 11.9 Å². The quantitative estimate of drug-likeness (QED) is 0.223. The normalized spacial score (nSPS) is 11.3. The molecule has 5 aromatic rings. The molecule has 0 atom stereocenters. The lowest BCUT2D eigenvalue weighted by molar-refractivity contribution is -0.116. The van der Waals surface area contributed by atoms with Crippen LogP contribution in [0.1, 0.15) is 23.0 Å². The Morgan fingerprint density at radius 3 is 2.70 bits per heavy atom. The van der Waals surface area contributed by atoms with E-state index in [1.54, 1.807) is 29.0 Å². The molecule has 8 nitrogen and oxygen atoms in total. The van der Waals surface area contributed by atoms with E-state index in [1.165, 1.54) is 30.5 Å². The Bertz CT molecular complexity index is 1620. The lowest BCUT2D eigenvalue weighted by atomic mass is 10.2. The van der Waals surface area contributed by atoms with Crippen molar-refractivity contribution < 1.29 is 23.1 Å². The van der Waals surface area contributed by atoms with Crippen molar-refractivity contribution in [3.05, 3.63) is 96.1 Å². The Hall–Kier alpha value is -4.92. The molecule has 186 valence electrons. The molecule has 0 aliphatic rings. The molecule has 0 bridgehead atoms. The fourth-order valence-electron chi connectivity index (χ4n) is 4.00. The molecule has 0 spiro atoms. The predicted molar refractivity (Wildman–Crippen MR) is 139 cm³/mol. The summed E-state index contributed by atoms with van der Waals surface area (Å²) in [6.45, 7) is 2.48. The summed E-state index contributed by atoms with van der Waals surface area (Å²) in [6, 6.07) is 20.1. The molecule has 2 amide bonds. The molecule has 0 saturated heterocycles. The van der Waals surface area contributed by atoms with Crippen molar-refractivity contribution >= 4 is 45.6 Å². The second kappa shape index (κ2) is 10.4. The molecule has 9 heteroatoms. The first-order valence-corrected chi connectivity index (χ1v) is 11.6. The molecule has 2 heterocycles. The first kappa shape index (κ1) is 23.8. The van der Waals surface area contributed by atoms with E-state index in [0.717, 1.165) is 21.9 Å². The highest BCUT2D eigenvalue weighted by Crippen LogP contribution is 2.24. The van der Waals surface area contributed by atoms with Crippen molar-refractivity contribution in [3.8, 4) is 5.75 Å². The van der Waals surface area contributed by atoms with Gasteiger partial charge in [0.1, 0.15) is 23.7 Å². The Morgan fingerprint density at radius 2 is 1.89 bits per heavy atom. The van der Waals surface area contributed by atoms with Gasteiger partial charge in [-0.1, -0.05) is 18.2 Å². The van der Waals surface area contributed by atoms with Gasteiger partial charge < -0.3 is 19.0 Å². The van der Waals surface area contributed by atoms with Crippen LogP contribution in [0.5, 0.6) is 5.75 Å². The fraction of sp³-hybridized carbons (Fsp3) is 0.107. The smallest absolute Gasteiger partial charge is 0.307 e. The third-order valence-electron chi connectivity index (χ3n) is 5.65. The third-order valence-corrected chi connectivity index (χ3v) is 5.65. The molecule has 3 aromatic carbocycles. The predicted octanol–water partition coefficient (Wildman–Crippen LogP) is 5.33. The summed E-state index contributed by atoms with van der Waals surface area (Å²) in [5, 5.41) is 8.46. The van der Waals surface area contributed by atoms with Crippen molar-refractivity contribution in [3.63, 3.8) is 0 Å². The van der Waals surface area contributed by atoms with Gasteiger partial charge in [0.05, 0.1) is 12.8 Å². The molecule has 2 N–H and O–H groups in total. The third kappa shape index (κ3) is 5.35. The molecule has 5 rings (SSSR count). The number of nitrogens with one attached hydrogen (secondary N) is 2. The number of benzene rings is 3. The van der Waals surface area contributed by atoms with E-state index >= 15 is 0 Å². The lowest BCUT2D eigenvalue weighted by Gasteiger charge is -2.07. The molecule has 0 unspecified atom stereocenters. The zero-order chi connectivity index (χ0) is 25.8. The van der Waals surface area contributed by atoms with Gasteiger partial charge in [0.15, 0.2) is 5.76 Å². The summed E-state index contributed by atoms with van der Waals surface area (Å²) < 4.78 is 26.0. The molecule has 2 aromatic heterocycles. The second-order valence-electron chi connectivity index (χ2n) is 8.23. The summed E-state index contributed by atoms with van der Waals surface area (Å²) in [6.07, 6.45) is 3.30. The average Bonchev–Trinajstić information content (AvgIpc) is 3.47. The Labute approximate surface area is 211 Å². The van der Waals surface area contributed by atoms with Crippen LogP contribution in [0.15, 0.2) is 88.5 Å². The Morgan fingerprint density at radius 1 is 1.08 bits per heavy atom. The highest BCUT2D eigenvalue weighted by atomic mass is 19.1. The van der Waals surface area contributed by atoms with E-state index < -0.39 is 5.91 Å². The zero-order valence-corrected chi connectivity index (χ0v) is 19.9. The van der Waals surface area contributed by atoms with Crippen LogP contribution in [0.4, 0.5) is 10.1 Å². The van der Waals surface area contributed by atoms with E-state index in [0.29, 0.717) is 23.6 Å². The number of rotatable bonds is 8. The van der Waals surface area contributed by atoms with Crippen molar-refractivity contribution in [1.82, 2.24) is 9.99 Å². The first-order chi connectivity index (χ1) is 18.0. The van der Waals surface area contributed by atoms with Gasteiger partial charge in [0.25, 0.3) is 0 Å². The first-order valence-electron chi connectivity index (χ1n) is 11.6. The van der Waals surface area contributed by atoms with Gasteiger partial charge in [0, 0.05) is 33.7 Å². The minimum Gasteiger partial charge on any atom is -0.494 e. The number of hydrazone groups is 1. The van der Waals surface area contributed by atoms with Gasteiger partial charge in [-0.3, -0.25) is 9.59 Å². The number of para-hydroxylation sites is 1. The van der Waals surface area contributed by atoms with Crippen LogP contribution in [0.2, 0.25) is 0 Å². The maximum absolute atomic E-state index is 13.1. The molecule has 0 aliphatic carbocycles. The topological polar surface area (TPSA) is 97.9 Å². The largest absolute Gasteiger partial charge is 0.494 e. The molecule has 0 saturated carbocycles. The van der Waals surface area contributed by atoms with Crippen molar-refractivity contribution in [1.29, 1.82) is 0 Å². The van der Waals surface area contributed by atoms with Crippen LogP contribution >= 0.6 is 0 Å². The Kier molecular flexibility index (Phi) is 6.67. The van der Waals surface area contributed by atoms with Gasteiger partial charge in [-0.25, -0.2) is 9.82 Å². The summed E-state index contributed by atoms with van der Waals surface area (Å²) in [5.74, 6) is -0.306. The van der Waals surface area contributed by atoms with Gasteiger partial charge >= 0.3 is 5.91 Å². The number of halogens is 1. The van der Waals surface area contributed by atoms with Crippen LogP contribution < -0.4 is 15.5 Å². The van der Waals surface area contributed by atoms with Gasteiger partial charge in [-0.05, 0) is 61.5 Å². The highest BCUT2D eigenvalue weighted by molar-refractivity contribution is 6.01. The van der Waals surface area contributed by atoms with E-state index in [1.807, 2.05) is 37.3 Å². The van der Waals surface area contributed by atoms with Gasteiger partial charge in [-0.2, -0.15) is 5.10 Å².